The minimum absolute atomic E-state index is 0.604. The van der Waals surface area contributed by atoms with Crippen LogP contribution in [-0.4, -0.2) is 14.5 Å². The highest BCUT2D eigenvalue weighted by molar-refractivity contribution is 6.21. The van der Waals surface area contributed by atoms with Crippen LogP contribution in [0.1, 0.15) is 5.56 Å². The van der Waals surface area contributed by atoms with Crippen molar-refractivity contribution in [2.24, 2.45) is 0 Å². The van der Waals surface area contributed by atoms with E-state index >= 15 is 0 Å². The summed E-state index contributed by atoms with van der Waals surface area (Å²) in [5.74, 6) is 0.604. The Morgan fingerprint density at radius 2 is 1.02 bits per heavy atom. The molecule has 0 bridgehead atoms. The highest BCUT2D eigenvalue weighted by Crippen LogP contribution is 2.44. The third-order valence-corrected chi connectivity index (χ3v) is 12.9. The summed E-state index contributed by atoms with van der Waals surface area (Å²) < 4.78 is 9.33. The van der Waals surface area contributed by atoms with E-state index in [0.29, 0.717) is 5.82 Å². The lowest BCUT2D eigenvalue weighted by Gasteiger charge is -2.17. The lowest BCUT2D eigenvalue weighted by molar-refractivity contribution is 0.669. The monoisotopic (exact) mass is 803 g/mol. The van der Waals surface area contributed by atoms with Gasteiger partial charge in [-0.05, 0) is 75.3 Å². The van der Waals surface area contributed by atoms with Crippen LogP contribution in [0.25, 0.3) is 127 Å². The molecule has 0 aliphatic heterocycles. The van der Waals surface area contributed by atoms with E-state index in [4.69, 9.17) is 14.4 Å². The van der Waals surface area contributed by atoms with Gasteiger partial charge in [0.25, 0.3) is 0 Å². The third kappa shape index (κ3) is 5.55. The Morgan fingerprint density at radius 1 is 0.397 bits per heavy atom. The van der Waals surface area contributed by atoms with E-state index in [1.54, 1.807) is 0 Å². The van der Waals surface area contributed by atoms with Crippen LogP contribution in [0.5, 0.6) is 0 Å². The van der Waals surface area contributed by atoms with Crippen molar-refractivity contribution in [1.29, 1.82) is 0 Å². The second-order valence-corrected chi connectivity index (χ2v) is 16.5. The molecule has 0 aliphatic rings. The Bertz CT molecular complexity index is 3970. The summed E-state index contributed by atoms with van der Waals surface area (Å²) in [5, 5.41) is 11.6. The number of para-hydroxylation sites is 1. The minimum atomic E-state index is 0.604. The fourth-order valence-corrected chi connectivity index (χ4v) is 9.90. The molecule has 3 aromatic heterocycles. The van der Waals surface area contributed by atoms with Crippen LogP contribution in [0.2, 0.25) is 0 Å². The van der Waals surface area contributed by atoms with E-state index in [-0.39, 0.29) is 0 Å². The van der Waals surface area contributed by atoms with E-state index in [9.17, 15) is 0 Å². The molecular formula is C59H37N3O. The molecule has 4 nitrogen and oxygen atoms in total. The molecule has 294 valence electrons. The molecule has 0 unspecified atom stereocenters. The summed E-state index contributed by atoms with van der Waals surface area (Å²) in [6.07, 6.45) is 0. The molecule has 0 amide bonds. The van der Waals surface area contributed by atoms with Crippen molar-refractivity contribution < 1.29 is 4.42 Å². The van der Waals surface area contributed by atoms with Gasteiger partial charge in [-0.2, -0.15) is 0 Å². The summed E-state index contributed by atoms with van der Waals surface area (Å²) >= 11 is 0. The fraction of sp³-hybridized carbons (Fsp3) is 0.0169. The Kier molecular flexibility index (Phi) is 7.79. The molecule has 0 saturated heterocycles. The predicted molar refractivity (Wildman–Crippen MR) is 263 cm³/mol. The van der Waals surface area contributed by atoms with Gasteiger partial charge in [-0.1, -0.05) is 176 Å². The van der Waals surface area contributed by atoms with E-state index in [1.165, 1.54) is 37.9 Å². The van der Waals surface area contributed by atoms with Gasteiger partial charge in [-0.25, -0.2) is 9.97 Å². The minimum Gasteiger partial charge on any atom is -0.455 e. The zero-order chi connectivity index (χ0) is 41.6. The van der Waals surface area contributed by atoms with Crippen LogP contribution < -0.4 is 0 Å². The van der Waals surface area contributed by atoms with E-state index in [0.717, 1.165) is 88.6 Å². The molecule has 0 aliphatic carbocycles. The van der Waals surface area contributed by atoms with Gasteiger partial charge in [-0.15, -0.1) is 0 Å². The highest BCUT2D eigenvalue weighted by atomic mass is 16.3. The molecular weight excluding hydrogens is 767 g/mol. The number of hydrogen-bond donors (Lipinski definition) is 0. The normalized spacial score (nSPS) is 11.9. The van der Waals surface area contributed by atoms with Crippen LogP contribution in [-0.2, 0) is 0 Å². The van der Waals surface area contributed by atoms with Gasteiger partial charge in [0.2, 0.25) is 0 Å². The largest absolute Gasteiger partial charge is 0.455 e. The molecule has 3 heterocycles. The van der Waals surface area contributed by atoms with Gasteiger partial charge in [0.15, 0.2) is 5.82 Å². The molecule has 0 saturated carbocycles. The van der Waals surface area contributed by atoms with Crippen molar-refractivity contribution in [3.63, 3.8) is 0 Å². The first-order valence-electron chi connectivity index (χ1n) is 21.5. The fourth-order valence-electron chi connectivity index (χ4n) is 9.90. The van der Waals surface area contributed by atoms with E-state index in [2.05, 4.69) is 212 Å². The lowest BCUT2D eigenvalue weighted by atomic mass is 9.95. The zero-order valence-electron chi connectivity index (χ0n) is 34.4. The zero-order valence-corrected chi connectivity index (χ0v) is 34.4. The number of furan rings is 1. The van der Waals surface area contributed by atoms with Gasteiger partial charge >= 0.3 is 0 Å². The molecule has 0 fully saturated rings. The Morgan fingerprint density at radius 3 is 1.83 bits per heavy atom. The van der Waals surface area contributed by atoms with Gasteiger partial charge < -0.3 is 8.98 Å². The van der Waals surface area contributed by atoms with Crippen LogP contribution >= 0.6 is 0 Å². The number of fused-ring (bicyclic) bond motifs is 10. The molecule has 13 rings (SSSR count). The van der Waals surface area contributed by atoms with Crippen molar-refractivity contribution in [1.82, 2.24) is 14.5 Å². The number of benzene rings is 10. The average molecular weight is 804 g/mol. The topological polar surface area (TPSA) is 43.9 Å². The lowest BCUT2D eigenvalue weighted by Crippen LogP contribution is -2.02. The molecule has 0 N–H and O–H groups in total. The maximum Gasteiger partial charge on any atom is 0.164 e. The summed E-state index contributed by atoms with van der Waals surface area (Å²) in [7, 11) is 0. The van der Waals surface area contributed by atoms with Gasteiger partial charge in [0.1, 0.15) is 11.2 Å². The standard InChI is InChI=1S/C59H37N3O/c1-36-55(41-28-26-38(27-29-41)37-14-3-2-4-15-37)60-59(61-56(36)48-24-13-20-39-16-7-9-21-45(39)48)52-35-44(34-51-47-23-11-12-25-54(47)63-58(51)52)62-53-33-43-19-6-5-18-42(43)32-50(53)49-31-30-40-17-8-10-22-46(40)57(49)62/h2-35H,1H3. The van der Waals surface area contributed by atoms with Crippen molar-refractivity contribution in [2.75, 3.05) is 0 Å². The van der Waals surface area contributed by atoms with Crippen molar-refractivity contribution in [3.8, 4) is 50.7 Å². The Balaban J connectivity index is 1.14. The summed E-state index contributed by atoms with van der Waals surface area (Å²) in [6.45, 7) is 2.15. The third-order valence-electron chi connectivity index (χ3n) is 12.9. The van der Waals surface area contributed by atoms with Crippen LogP contribution in [0, 0.1) is 6.92 Å². The quantitative estimate of drug-likeness (QED) is 0.174. The average Bonchev–Trinajstić information content (AvgIpc) is 3.89. The first kappa shape index (κ1) is 35.4. The molecule has 63 heavy (non-hydrogen) atoms. The van der Waals surface area contributed by atoms with Crippen molar-refractivity contribution in [2.45, 2.75) is 6.92 Å². The first-order chi connectivity index (χ1) is 31.1. The number of nitrogens with zero attached hydrogens (tertiary/aromatic N) is 3. The summed E-state index contributed by atoms with van der Waals surface area (Å²) in [5.41, 5.74) is 12.9. The van der Waals surface area contributed by atoms with Crippen LogP contribution in [0.3, 0.4) is 0 Å². The summed E-state index contributed by atoms with van der Waals surface area (Å²) in [4.78, 5) is 11.2. The van der Waals surface area contributed by atoms with Gasteiger partial charge in [0, 0.05) is 49.3 Å². The Hall–Kier alpha value is -8.34. The second kappa shape index (κ2) is 13.8. The van der Waals surface area contributed by atoms with E-state index < -0.39 is 0 Å². The maximum atomic E-state index is 6.88. The SMILES string of the molecule is Cc1c(-c2ccc(-c3ccccc3)cc2)nc(-c2cc(-n3c4cc5ccccc5cc4c4ccc5ccccc5c43)cc3c2oc2ccccc23)nc1-c1cccc2ccccc12. The number of aromatic nitrogens is 3. The number of rotatable bonds is 5. The molecule has 0 spiro atoms. The van der Waals surface area contributed by atoms with Crippen LogP contribution in [0.15, 0.2) is 211 Å². The van der Waals surface area contributed by atoms with Crippen molar-refractivity contribution in [3.05, 3.63) is 212 Å². The summed E-state index contributed by atoms with van der Waals surface area (Å²) in [6, 6.07) is 73.7. The van der Waals surface area contributed by atoms with Gasteiger partial charge in [0.05, 0.1) is 28.0 Å². The maximum absolute atomic E-state index is 6.88. The predicted octanol–water partition coefficient (Wildman–Crippen LogP) is 15.9. The Labute approximate surface area is 363 Å². The van der Waals surface area contributed by atoms with Crippen LogP contribution in [0.4, 0.5) is 0 Å². The van der Waals surface area contributed by atoms with Gasteiger partial charge in [-0.3, -0.25) is 0 Å². The molecule has 4 heteroatoms. The smallest absolute Gasteiger partial charge is 0.164 e. The molecule has 13 aromatic rings. The number of hydrogen-bond acceptors (Lipinski definition) is 3. The van der Waals surface area contributed by atoms with E-state index in [1.807, 2.05) is 6.07 Å². The first-order valence-corrected chi connectivity index (χ1v) is 21.5. The molecule has 0 atom stereocenters. The van der Waals surface area contributed by atoms with Crippen molar-refractivity contribution >= 4 is 76.1 Å². The second-order valence-electron chi connectivity index (χ2n) is 16.5. The molecule has 10 aromatic carbocycles. The highest BCUT2D eigenvalue weighted by Gasteiger charge is 2.24. The molecule has 0 radical (unpaired) electrons.